The van der Waals surface area contributed by atoms with Crippen LogP contribution in [0.4, 0.5) is 5.69 Å². The second kappa shape index (κ2) is 10.2. The number of hydrogen-bond donors (Lipinski definition) is 2. The summed E-state index contributed by atoms with van der Waals surface area (Å²) in [5.41, 5.74) is 4.57. The topological polar surface area (TPSA) is 62.7 Å². The number of hydrazone groups is 1. The van der Waals surface area contributed by atoms with Crippen molar-refractivity contribution < 1.29 is 9.53 Å². The Hall–Kier alpha value is -2.74. The molecule has 0 spiro atoms. The number of para-hydroxylation sites is 1. The quantitative estimate of drug-likeness (QED) is 0.160. The van der Waals surface area contributed by atoms with Crippen molar-refractivity contribution in [1.29, 1.82) is 0 Å². The molecule has 0 unspecified atom stereocenters. The van der Waals surface area contributed by atoms with Crippen LogP contribution in [-0.2, 0) is 0 Å². The van der Waals surface area contributed by atoms with Gasteiger partial charge >= 0.3 is 5.97 Å². The van der Waals surface area contributed by atoms with Crippen molar-refractivity contribution in [1.82, 2.24) is 5.43 Å². The molecule has 5 nitrogen and oxygen atoms in total. The van der Waals surface area contributed by atoms with Gasteiger partial charge in [0, 0.05) is 20.7 Å². The molecule has 0 aliphatic carbocycles. The summed E-state index contributed by atoms with van der Waals surface area (Å²) in [6, 6.07) is 21.2. The number of hydrogen-bond acceptors (Lipinski definition) is 4. The minimum atomic E-state index is -0.493. The Morgan fingerprint density at radius 3 is 2.52 bits per heavy atom. The van der Waals surface area contributed by atoms with E-state index >= 15 is 0 Å². The zero-order valence-corrected chi connectivity index (χ0v) is 18.1. The fraction of sp³-hybridized carbons (Fsp3) is 0. The molecule has 0 aliphatic rings. The first-order valence-electron chi connectivity index (χ1n) is 8.44. The molecular formula is C21H15BrClN3O2S. The SMILES string of the molecule is O=C(Oc1ccc(Br)cc1C=NNC(=S)Nc1ccccc1)c1ccc(Cl)cc1. The number of thiocarbonyl (C=S) groups is 1. The molecule has 3 aromatic rings. The molecule has 0 aliphatic heterocycles. The Kier molecular flexibility index (Phi) is 7.35. The Labute approximate surface area is 186 Å². The van der Waals surface area contributed by atoms with Gasteiger partial charge in [-0.15, -0.1) is 0 Å². The predicted molar refractivity (Wildman–Crippen MR) is 124 cm³/mol. The Morgan fingerprint density at radius 1 is 1.07 bits per heavy atom. The highest BCUT2D eigenvalue weighted by atomic mass is 79.9. The lowest BCUT2D eigenvalue weighted by atomic mass is 10.2. The van der Waals surface area contributed by atoms with E-state index in [1.165, 1.54) is 6.21 Å². The van der Waals surface area contributed by atoms with Crippen LogP contribution in [-0.4, -0.2) is 17.3 Å². The van der Waals surface area contributed by atoms with E-state index in [0.717, 1.165) is 10.2 Å². The third-order valence-corrected chi connectivity index (χ3v) is 4.59. The van der Waals surface area contributed by atoms with Gasteiger partial charge in [-0.25, -0.2) is 4.79 Å². The van der Waals surface area contributed by atoms with E-state index in [4.69, 9.17) is 28.6 Å². The number of nitrogens with one attached hydrogen (secondary N) is 2. The van der Waals surface area contributed by atoms with Gasteiger partial charge in [-0.3, -0.25) is 5.43 Å². The van der Waals surface area contributed by atoms with Gasteiger partial charge in [0.25, 0.3) is 0 Å². The second-order valence-corrected chi connectivity index (χ2v) is 7.53. The summed E-state index contributed by atoms with van der Waals surface area (Å²) in [6.45, 7) is 0. The van der Waals surface area contributed by atoms with E-state index in [9.17, 15) is 4.79 Å². The van der Waals surface area contributed by atoms with Crippen LogP contribution in [0.5, 0.6) is 5.75 Å². The standard InChI is InChI=1S/C21H15BrClN3O2S/c22-16-8-11-19(28-20(27)14-6-9-17(23)10-7-14)15(12-16)13-24-26-21(29)25-18-4-2-1-3-5-18/h1-13H,(H2,25,26,29). The first-order valence-corrected chi connectivity index (χ1v) is 10.0. The highest BCUT2D eigenvalue weighted by Crippen LogP contribution is 2.23. The summed E-state index contributed by atoms with van der Waals surface area (Å²) in [4.78, 5) is 12.4. The van der Waals surface area contributed by atoms with Gasteiger partial charge in [-0.1, -0.05) is 45.7 Å². The number of halogens is 2. The lowest BCUT2D eigenvalue weighted by Gasteiger charge is -2.09. The fourth-order valence-electron chi connectivity index (χ4n) is 2.30. The molecule has 0 heterocycles. The molecule has 0 amide bonds. The minimum absolute atomic E-state index is 0.335. The number of rotatable bonds is 5. The summed E-state index contributed by atoms with van der Waals surface area (Å²) in [6.07, 6.45) is 1.52. The summed E-state index contributed by atoms with van der Waals surface area (Å²) < 4.78 is 6.32. The van der Waals surface area contributed by atoms with Crippen molar-refractivity contribution in [3.8, 4) is 5.75 Å². The average Bonchev–Trinajstić information content (AvgIpc) is 2.71. The van der Waals surface area contributed by atoms with Crippen LogP contribution in [0.25, 0.3) is 0 Å². The van der Waals surface area contributed by atoms with Gasteiger partial charge in [-0.2, -0.15) is 5.10 Å². The van der Waals surface area contributed by atoms with Gasteiger partial charge < -0.3 is 10.1 Å². The zero-order chi connectivity index (χ0) is 20.6. The molecule has 146 valence electrons. The third-order valence-electron chi connectivity index (χ3n) is 3.66. The Morgan fingerprint density at radius 2 is 1.79 bits per heavy atom. The van der Waals surface area contributed by atoms with Crippen LogP contribution < -0.4 is 15.5 Å². The first-order chi connectivity index (χ1) is 14.0. The third kappa shape index (κ3) is 6.39. The monoisotopic (exact) mass is 487 g/mol. The van der Waals surface area contributed by atoms with E-state index < -0.39 is 5.97 Å². The van der Waals surface area contributed by atoms with Gasteiger partial charge in [0.05, 0.1) is 11.8 Å². The molecule has 0 atom stereocenters. The molecule has 3 aromatic carbocycles. The van der Waals surface area contributed by atoms with E-state index in [2.05, 4.69) is 31.8 Å². The molecule has 0 radical (unpaired) electrons. The molecule has 29 heavy (non-hydrogen) atoms. The summed E-state index contributed by atoms with van der Waals surface area (Å²) >= 11 is 14.5. The molecule has 2 N–H and O–H groups in total. The lowest BCUT2D eigenvalue weighted by Crippen LogP contribution is -2.23. The Bertz CT molecular complexity index is 1040. The first kappa shape index (κ1) is 21.0. The smallest absolute Gasteiger partial charge is 0.343 e. The molecule has 0 saturated carbocycles. The van der Waals surface area contributed by atoms with Gasteiger partial charge in [-0.05, 0) is 66.8 Å². The van der Waals surface area contributed by atoms with Crippen LogP contribution in [0.1, 0.15) is 15.9 Å². The highest BCUT2D eigenvalue weighted by molar-refractivity contribution is 9.10. The predicted octanol–water partition coefficient (Wildman–Crippen LogP) is 5.64. The van der Waals surface area contributed by atoms with Crippen molar-refractivity contribution >= 4 is 62.7 Å². The van der Waals surface area contributed by atoms with Crippen LogP contribution in [0, 0.1) is 0 Å². The number of carbonyl (C=O) groups excluding carboxylic acids is 1. The number of anilines is 1. The van der Waals surface area contributed by atoms with E-state index in [1.54, 1.807) is 42.5 Å². The number of esters is 1. The average molecular weight is 489 g/mol. The van der Waals surface area contributed by atoms with Gasteiger partial charge in [0.15, 0.2) is 5.11 Å². The summed E-state index contributed by atoms with van der Waals surface area (Å²) in [5.74, 6) is -0.131. The largest absolute Gasteiger partial charge is 0.422 e. The highest BCUT2D eigenvalue weighted by Gasteiger charge is 2.11. The Balaban J connectivity index is 1.68. The van der Waals surface area contributed by atoms with E-state index in [-0.39, 0.29) is 0 Å². The number of benzene rings is 3. The molecule has 8 heteroatoms. The second-order valence-electron chi connectivity index (χ2n) is 5.77. The van der Waals surface area contributed by atoms with Crippen molar-refractivity contribution in [2.24, 2.45) is 5.10 Å². The molecule has 0 fully saturated rings. The maximum atomic E-state index is 12.4. The molecule has 0 bridgehead atoms. The van der Waals surface area contributed by atoms with Gasteiger partial charge in [0.2, 0.25) is 0 Å². The normalized spacial score (nSPS) is 10.6. The van der Waals surface area contributed by atoms with E-state index in [0.29, 0.717) is 27.0 Å². The molecule has 3 rings (SSSR count). The van der Waals surface area contributed by atoms with Crippen LogP contribution in [0.15, 0.2) is 82.4 Å². The number of nitrogens with zero attached hydrogens (tertiary/aromatic N) is 1. The van der Waals surface area contributed by atoms with Crippen molar-refractivity contribution in [2.45, 2.75) is 0 Å². The minimum Gasteiger partial charge on any atom is -0.422 e. The fourth-order valence-corrected chi connectivity index (χ4v) is 2.97. The summed E-state index contributed by atoms with van der Waals surface area (Å²) in [7, 11) is 0. The number of carbonyl (C=O) groups is 1. The van der Waals surface area contributed by atoms with Crippen molar-refractivity contribution in [3.63, 3.8) is 0 Å². The van der Waals surface area contributed by atoms with Crippen LogP contribution >= 0.6 is 39.7 Å². The zero-order valence-electron chi connectivity index (χ0n) is 14.9. The molecule has 0 aromatic heterocycles. The summed E-state index contributed by atoms with van der Waals surface area (Å²) in [5, 5.41) is 8.02. The molecule has 0 saturated heterocycles. The maximum absolute atomic E-state index is 12.4. The van der Waals surface area contributed by atoms with Gasteiger partial charge in [0.1, 0.15) is 5.75 Å². The van der Waals surface area contributed by atoms with Crippen LogP contribution in [0.3, 0.4) is 0 Å². The van der Waals surface area contributed by atoms with Crippen LogP contribution in [0.2, 0.25) is 5.02 Å². The lowest BCUT2D eigenvalue weighted by molar-refractivity contribution is 0.0734. The van der Waals surface area contributed by atoms with Crippen molar-refractivity contribution in [2.75, 3.05) is 5.32 Å². The van der Waals surface area contributed by atoms with E-state index in [1.807, 2.05) is 30.3 Å². The van der Waals surface area contributed by atoms with Crippen molar-refractivity contribution in [3.05, 3.63) is 93.4 Å². The number of ether oxygens (including phenoxy) is 1. The maximum Gasteiger partial charge on any atom is 0.343 e. The molecular weight excluding hydrogens is 474 g/mol.